The van der Waals surface area contributed by atoms with Gasteiger partial charge in [0.15, 0.2) is 0 Å². The molecule has 0 spiro atoms. The van der Waals surface area contributed by atoms with Crippen molar-refractivity contribution in [3.05, 3.63) is 30.3 Å². The van der Waals surface area contributed by atoms with Gasteiger partial charge in [-0.05, 0) is 12.1 Å². The summed E-state index contributed by atoms with van der Waals surface area (Å²) in [4.78, 5) is 0.905. The third-order valence-electron chi connectivity index (χ3n) is 0.743. The predicted molar refractivity (Wildman–Crippen MR) is 47.2 cm³/mol. The third kappa shape index (κ3) is 12.0. The summed E-state index contributed by atoms with van der Waals surface area (Å²) in [5, 5.41) is 21.5. The summed E-state index contributed by atoms with van der Waals surface area (Å²) in [5.74, 6) is 0. The second-order valence-corrected chi connectivity index (χ2v) is 2.13. The minimum absolute atomic E-state index is 0. The molecule has 0 heterocycles. The van der Waals surface area contributed by atoms with Crippen LogP contribution in [-0.4, -0.2) is 22.4 Å². The van der Waals surface area contributed by atoms with E-state index in [0.717, 1.165) is 4.90 Å². The van der Waals surface area contributed by atoms with Crippen LogP contribution < -0.4 is 0 Å². The molecule has 0 saturated carbocycles. The lowest BCUT2D eigenvalue weighted by molar-refractivity contribution is 0.278. The highest BCUT2D eigenvalue weighted by Gasteiger charge is 1.92. The van der Waals surface area contributed by atoms with Gasteiger partial charge in [0.2, 0.25) is 0 Å². The molecule has 0 aliphatic heterocycles. The van der Waals surface area contributed by atoms with E-state index in [1.807, 2.05) is 30.3 Å². The zero-order valence-electron chi connectivity index (χ0n) is 6.12. The Bertz CT molecular complexity index is 183. The fraction of sp³-hybridized carbons (Fsp3) is 0. The molecule has 0 saturated heterocycles. The normalized spacial score (nSPS) is 7.25. The molecule has 12 heavy (non-hydrogen) atoms. The monoisotopic (exact) mass is 191 g/mol. The van der Waals surface area contributed by atoms with Crippen molar-refractivity contribution >= 4 is 20.0 Å². The Morgan fingerprint density at radius 2 is 1.33 bits per heavy atom. The van der Waals surface area contributed by atoms with Crippen LogP contribution in [0, 0.1) is 0 Å². The van der Waals surface area contributed by atoms with Crippen LogP contribution in [0.25, 0.3) is 0 Å². The fourth-order valence-corrected chi connectivity index (χ4v) is 0.578. The highest BCUT2D eigenvalue weighted by Crippen LogP contribution is 2.00. The zero-order chi connectivity index (χ0) is 8.69. The maximum atomic E-state index is 7.17. The van der Waals surface area contributed by atoms with Gasteiger partial charge in [-0.2, -0.15) is 0 Å². The number of hydrogen-bond donors (Lipinski definition) is 3. The largest absolute Gasteiger partial charge is 0.631 e. The molecule has 1 aromatic carbocycles. The van der Waals surface area contributed by atoms with Gasteiger partial charge < -0.3 is 15.1 Å². The van der Waals surface area contributed by atoms with Gasteiger partial charge in [-0.15, -0.1) is 0 Å². The molecular formula is C6H9BFO3S. The second-order valence-electron chi connectivity index (χ2n) is 1.66. The molecule has 0 amide bonds. The molecule has 67 valence electrons. The molecule has 0 aliphatic carbocycles. The van der Waals surface area contributed by atoms with E-state index < -0.39 is 7.32 Å². The summed E-state index contributed by atoms with van der Waals surface area (Å²) < 4.78 is 0. The third-order valence-corrected chi connectivity index (χ3v) is 1.02. The first-order valence-corrected chi connectivity index (χ1v) is 3.30. The van der Waals surface area contributed by atoms with Crippen molar-refractivity contribution in [2.45, 2.75) is 4.90 Å². The lowest BCUT2D eigenvalue weighted by Crippen LogP contribution is -2.07. The van der Waals surface area contributed by atoms with Gasteiger partial charge in [0.05, 0.1) is 0 Å². The Labute approximate surface area is 75.6 Å². The SMILES string of the molecule is F.OB(O)O.[S]c1ccccc1. The van der Waals surface area contributed by atoms with Crippen LogP contribution in [0.15, 0.2) is 35.2 Å². The van der Waals surface area contributed by atoms with E-state index in [4.69, 9.17) is 27.7 Å². The standard InChI is InChI=1S/C6H5S.BH3O3.FH/c7-6-4-2-1-3-5-6;2-1(3)4;/h1-5H;2-4H;1H. The average Bonchev–Trinajstić information content (AvgIpc) is 1.87. The molecule has 0 fully saturated rings. The van der Waals surface area contributed by atoms with Gasteiger partial charge >= 0.3 is 7.32 Å². The predicted octanol–water partition coefficient (Wildman–Crippen LogP) is 0.344. The Kier molecular flexibility index (Phi) is 9.73. The molecule has 6 heteroatoms. The molecule has 0 unspecified atom stereocenters. The van der Waals surface area contributed by atoms with Crippen LogP contribution in [-0.2, 0) is 0 Å². The molecule has 3 nitrogen and oxygen atoms in total. The molecule has 0 bridgehead atoms. The quantitative estimate of drug-likeness (QED) is 0.518. The summed E-state index contributed by atoms with van der Waals surface area (Å²) in [5.41, 5.74) is 0. The maximum Gasteiger partial charge on any atom is 0.631 e. The van der Waals surface area contributed by atoms with Gasteiger partial charge in [-0.1, -0.05) is 30.8 Å². The van der Waals surface area contributed by atoms with Crippen molar-refractivity contribution in [1.82, 2.24) is 0 Å². The van der Waals surface area contributed by atoms with Crippen LogP contribution >= 0.6 is 12.6 Å². The Morgan fingerprint density at radius 1 is 1.00 bits per heavy atom. The van der Waals surface area contributed by atoms with E-state index >= 15 is 0 Å². The van der Waals surface area contributed by atoms with Gasteiger partial charge in [0.25, 0.3) is 0 Å². The highest BCUT2D eigenvalue weighted by molar-refractivity contribution is 7.80. The van der Waals surface area contributed by atoms with Crippen LogP contribution in [0.1, 0.15) is 0 Å². The Balaban J connectivity index is 0. The van der Waals surface area contributed by atoms with Crippen LogP contribution in [0.4, 0.5) is 4.70 Å². The smallest absolute Gasteiger partial charge is 0.402 e. The molecule has 1 radical (unpaired) electrons. The summed E-state index contributed by atoms with van der Waals surface area (Å²) >= 11 is 4.81. The maximum absolute atomic E-state index is 7.17. The van der Waals surface area contributed by atoms with E-state index in [9.17, 15) is 0 Å². The molecule has 1 aromatic rings. The molecule has 3 N–H and O–H groups in total. The van der Waals surface area contributed by atoms with Gasteiger partial charge in [0.1, 0.15) is 0 Å². The first-order chi connectivity index (χ1) is 5.13. The summed E-state index contributed by atoms with van der Waals surface area (Å²) in [6.07, 6.45) is 0. The zero-order valence-corrected chi connectivity index (χ0v) is 6.94. The fourth-order valence-electron chi connectivity index (χ4n) is 0.420. The number of rotatable bonds is 0. The molecule has 1 rings (SSSR count). The Hall–Kier alpha value is -0.685. The summed E-state index contributed by atoms with van der Waals surface area (Å²) in [7, 11) is -2.17. The minimum Gasteiger partial charge on any atom is -0.402 e. The minimum atomic E-state index is -2.17. The van der Waals surface area contributed by atoms with Crippen molar-refractivity contribution in [3.8, 4) is 0 Å². The van der Waals surface area contributed by atoms with Crippen LogP contribution in [0.5, 0.6) is 0 Å². The second kappa shape index (κ2) is 8.41. The first kappa shape index (κ1) is 13.9. The number of hydrogen-bond acceptors (Lipinski definition) is 3. The van der Waals surface area contributed by atoms with Crippen molar-refractivity contribution in [3.63, 3.8) is 0 Å². The lowest BCUT2D eigenvalue weighted by atomic mass is 10.3. The van der Waals surface area contributed by atoms with Crippen molar-refractivity contribution in [2.75, 3.05) is 0 Å². The molecule has 0 atom stereocenters. The van der Waals surface area contributed by atoms with E-state index in [-0.39, 0.29) is 4.70 Å². The van der Waals surface area contributed by atoms with Gasteiger partial charge in [0, 0.05) is 4.90 Å². The molecule has 0 aliphatic rings. The van der Waals surface area contributed by atoms with E-state index in [0.29, 0.717) is 0 Å². The van der Waals surface area contributed by atoms with Crippen molar-refractivity contribution < 1.29 is 19.8 Å². The lowest BCUT2D eigenvalue weighted by Gasteiger charge is -1.80. The van der Waals surface area contributed by atoms with Crippen LogP contribution in [0.3, 0.4) is 0 Å². The Morgan fingerprint density at radius 3 is 1.50 bits per heavy atom. The van der Waals surface area contributed by atoms with Gasteiger partial charge in [-0.3, -0.25) is 4.70 Å². The van der Waals surface area contributed by atoms with E-state index in [1.54, 1.807) is 0 Å². The van der Waals surface area contributed by atoms with Gasteiger partial charge in [-0.25, -0.2) is 0 Å². The first-order valence-electron chi connectivity index (χ1n) is 2.89. The topological polar surface area (TPSA) is 60.7 Å². The molecule has 0 aromatic heterocycles. The summed E-state index contributed by atoms with van der Waals surface area (Å²) in [6.45, 7) is 0. The number of halogens is 1. The highest BCUT2D eigenvalue weighted by atomic mass is 32.1. The van der Waals surface area contributed by atoms with Crippen LogP contribution in [0.2, 0.25) is 0 Å². The van der Waals surface area contributed by atoms with E-state index in [2.05, 4.69) is 0 Å². The number of benzene rings is 1. The average molecular weight is 191 g/mol. The van der Waals surface area contributed by atoms with Crippen molar-refractivity contribution in [2.24, 2.45) is 0 Å². The van der Waals surface area contributed by atoms with Crippen molar-refractivity contribution in [1.29, 1.82) is 0 Å². The van der Waals surface area contributed by atoms with E-state index in [1.165, 1.54) is 0 Å². The summed E-state index contributed by atoms with van der Waals surface area (Å²) in [6, 6.07) is 9.62. The molecular weight excluding hydrogens is 182 g/mol.